The van der Waals surface area contributed by atoms with Gasteiger partial charge in [-0.15, -0.1) is 11.3 Å². The maximum absolute atomic E-state index is 12.6. The standard InChI is InChI=1S/C22H28N4O2S/c23-21(28)20-17-8-4-5-9-18(17)29-22(20)24-19(27)15-26-12-10-25(11-13-26)14-16-6-2-1-3-7-16/h1-3,6-7H,4-5,8-15H2,(H2,23,28)(H,24,27). The molecule has 1 aromatic carbocycles. The predicted octanol–water partition coefficient (Wildman–Crippen LogP) is 2.48. The summed E-state index contributed by atoms with van der Waals surface area (Å²) in [7, 11) is 0. The molecule has 3 N–H and O–H groups in total. The number of nitrogens with one attached hydrogen (secondary N) is 1. The molecule has 0 spiro atoms. The lowest BCUT2D eigenvalue weighted by Crippen LogP contribution is -2.48. The second kappa shape index (κ2) is 9.07. The lowest BCUT2D eigenvalue weighted by Gasteiger charge is -2.34. The van der Waals surface area contributed by atoms with Gasteiger partial charge in [0, 0.05) is 37.6 Å². The van der Waals surface area contributed by atoms with E-state index in [0.29, 0.717) is 17.1 Å². The van der Waals surface area contributed by atoms with E-state index in [-0.39, 0.29) is 5.91 Å². The van der Waals surface area contributed by atoms with Crippen LogP contribution in [0.5, 0.6) is 0 Å². The fourth-order valence-electron chi connectivity index (χ4n) is 4.23. The first kappa shape index (κ1) is 20.1. The quantitative estimate of drug-likeness (QED) is 0.764. The van der Waals surface area contributed by atoms with E-state index in [0.717, 1.165) is 64.0 Å². The number of fused-ring (bicyclic) bond motifs is 1. The van der Waals surface area contributed by atoms with Crippen LogP contribution in [0, 0.1) is 0 Å². The number of amides is 2. The first-order valence-corrected chi connectivity index (χ1v) is 11.1. The molecule has 1 aliphatic carbocycles. The Hall–Kier alpha value is -2.22. The number of piperazine rings is 1. The van der Waals surface area contributed by atoms with Crippen molar-refractivity contribution >= 4 is 28.2 Å². The first-order valence-electron chi connectivity index (χ1n) is 10.3. The summed E-state index contributed by atoms with van der Waals surface area (Å²) in [5.74, 6) is -0.503. The molecule has 7 heteroatoms. The molecule has 0 saturated carbocycles. The van der Waals surface area contributed by atoms with Gasteiger partial charge in [-0.05, 0) is 36.8 Å². The van der Waals surface area contributed by atoms with Gasteiger partial charge in [0.1, 0.15) is 5.00 Å². The van der Waals surface area contributed by atoms with E-state index in [9.17, 15) is 9.59 Å². The summed E-state index contributed by atoms with van der Waals surface area (Å²) in [5.41, 5.74) is 8.53. The Balaban J connectivity index is 1.31. The van der Waals surface area contributed by atoms with Gasteiger partial charge in [0.25, 0.3) is 5.91 Å². The van der Waals surface area contributed by atoms with E-state index < -0.39 is 5.91 Å². The highest BCUT2D eigenvalue weighted by Crippen LogP contribution is 2.37. The van der Waals surface area contributed by atoms with Crippen molar-refractivity contribution in [3.63, 3.8) is 0 Å². The van der Waals surface area contributed by atoms with Gasteiger partial charge in [-0.3, -0.25) is 19.4 Å². The Morgan fingerprint density at radius 3 is 2.41 bits per heavy atom. The van der Waals surface area contributed by atoms with Crippen LogP contribution in [0.4, 0.5) is 5.00 Å². The van der Waals surface area contributed by atoms with Crippen molar-refractivity contribution in [3.05, 3.63) is 51.9 Å². The average Bonchev–Trinajstić information content (AvgIpc) is 3.08. The van der Waals surface area contributed by atoms with Gasteiger partial charge < -0.3 is 11.1 Å². The molecular weight excluding hydrogens is 384 g/mol. The zero-order valence-electron chi connectivity index (χ0n) is 16.7. The number of thiophene rings is 1. The summed E-state index contributed by atoms with van der Waals surface area (Å²) in [6, 6.07) is 10.5. The lowest BCUT2D eigenvalue weighted by molar-refractivity contribution is -0.117. The molecule has 2 aromatic rings. The normalized spacial score (nSPS) is 17.7. The molecule has 154 valence electrons. The van der Waals surface area contributed by atoms with Crippen LogP contribution in [0.15, 0.2) is 30.3 Å². The van der Waals surface area contributed by atoms with Gasteiger partial charge in [-0.1, -0.05) is 30.3 Å². The van der Waals surface area contributed by atoms with Crippen molar-refractivity contribution in [3.8, 4) is 0 Å². The molecule has 4 rings (SSSR count). The molecule has 1 aromatic heterocycles. The van der Waals surface area contributed by atoms with E-state index in [1.54, 1.807) is 0 Å². The molecule has 0 bridgehead atoms. The van der Waals surface area contributed by atoms with Gasteiger partial charge >= 0.3 is 0 Å². The Morgan fingerprint density at radius 1 is 1.00 bits per heavy atom. The highest BCUT2D eigenvalue weighted by Gasteiger charge is 2.26. The third kappa shape index (κ3) is 4.86. The van der Waals surface area contributed by atoms with Crippen LogP contribution in [0.1, 0.15) is 39.2 Å². The minimum atomic E-state index is -0.436. The number of carbonyl (C=O) groups is 2. The molecule has 29 heavy (non-hydrogen) atoms. The molecule has 1 saturated heterocycles. The number of aryl methyl sites for hydroxylation is 1. The van der Waals surface area contributed by atoms with Gasteiger partial charge in [0.2, 0.25) is 5.91 Å². The molecule has 0 radical (unpaired) electrons. The van der Waals surface area contributed by atoms with Crippen molar-refractivity contribution in [2.24, 2.45) is 5.73 Å². The summed E-state index contributed by atoms with van der Waals surface area (Å²) < 4.78 is 0. The summed E-state index contributed by atoms with van der Waals surface area (Å²) in [6.07, 6.45) is 4.06. The van der Waals surface area contributed by atoms with E-state index in [4.69, 9.17) is 5.73 Å². The van der Waals surface area contributed by atoms with Crippen molar-refractivity contribution in [2.75, 3.05) is 38.0 Å². The largest absolute Gasteiger partial charge is 0.365 e. The summed E-state index contributed by atoms with van der Waals surface area (Å²) in [6.45, 7) is 4.92. The summed E-state index contributed by atoms with van der Waals surface area (Å²) in [4.78, 5) is 30.4. The number of primary amides is 1. The smallest absolute Gasteiger partial charge is 0.251 e. The molecule has 1 aliphatic heterocycles. The number of hydrogen-bond donors (Lipinski definition) is 2. The fourth-order valence-corrected chi connectivity index (χ4v) is 5.54. The lowest BCUT2D eigenvalue weighted by atomic mass is 9.95. The van der Waals surface area contributed by atoms with Crippen LogP contribution in [0.3, 0.4) is 0 Å². The Bertz CT molecular complexity index is 872. The molecule has 1 fully saturated rings. The molecule has 2 heterocycles. The van der Waals surface area contributed by atoms with Crippen LogP contribution < -0.4 is 11.1 Å². The third-order valence-electron chi connectivity index (χ3n) is 5.75. The first-order chi connectivity index (χ1) is 14.1. The van der Waals surface area contributed by atoms with E-state index in [1.807, 2.05) is 6.07 Å². The summed E-state index contributed by atoms with van der Waals surface area (Å²) >= 11 is 1.52. The van der Waals surface area contributed by atoms with E-state index in [1.165, 1.54) is 21.8 Å². The predicted molar refractivity (Wildman–Crippen MR) is 116 cm³/mol. The topological polar surface area (TPSA) is 78.7 Å². The van der Waals surface area contributed by atoms with Gasteiger partial charge in [0.15, 0.2) is 0 Å². The molecule has 0 unspecified atom stereocenters. The van der Waals surface area contributed by atoms with Crippen molar-refractivity contribution in [2.45, 2.75) is 32.2 Å². The second-order valence-corrected chi connectivity index (χ2v) is 8.97. The Labute approximate surface area is 175 Å². The van der Waals surface area contributed by atoms with Gasteiger partial charge in [-0.25, -0.2) is 0 Å². The maximum Gasteiger partial charge on any atom is 0.251 e. The zero-order valence-corrected chi connectivity index (χ0v) is 17.5. The van der Waals surface area contributed by atoms with Crippen LogP contribution in [0.2, 0.25) is 0 Å². The Morgan fingerprint density at radius 2 is 1.69 bits per heavy atom. The number of benzene rings is 1. The van der Waals surface area contributed by atoms with Crippen molar-refractivity contribution < 1.29 is 9.59 Å². The fraction of sp³-hybridized carbons (Fsp3) is 0.455. The van der Waals surface area contributed by atoms with Crippen LogP contribution >= 0.6 is 11.3 Å². The number of nitrogens with zero attached hydrogens (tertiary/aromatic N) is 2. The highest BCUT2D eigenvalue weighted by molar-refractivity contribution is 7.17. The number of nitrogens with two attached hydrogens (primary N) is 1. The molecular formula is C22H28N4O2S. The van der Waals surface area contributed by atoms with Crippen molar-refractivity contribution in [1.29, 1.82) is 0 Å². The summed E-state index contributed by atoms with van der Waals surface area (Å²) in [5, 5.41) is 3.61. The highest BCUT2D eigenvalue weighted by atomic mass is 32.1. The van der Waals surface area contributed by atoms with E-state index >= 15 is 0 Å². The maximum atomic E-state index is 12.6. The third-order valence-corrected chi connectivity index (χ3v) is 6.96. The minimum Gasteiger partial charge on any atom is -0.365 e. The SMILES string of the molecule is NC(=O)c1c(NC(=O)CN2CCN(Cc3ccccc3)CC2)sc2c1CCCC2. The van der Waals surface area contributed by atoms with Gasteiger partial charge in [-0.2, -0.15) is 0 Å². The number of rotatable bonds is 6. The molecule has 2 amide bonds. The molecule has 0 atom stereocenters. The van der Waals surface area contributed by atoms with Gasteiger partial charge in [0.05, 0.1) is 12.1 Å². The zero-order chi connectivity index (χ0) is 20.2. The minimum absolute atomic E-state index is 0.0670. The second-order valence-electron chi connectivity index (χ2n) is 7.87. The number of carbonyl (C=O) groups excluding carboxylic acids is 2. The van der Waals surface area contributed by atoms with Crippen molar-refractivity contribution in [1.82, 2.24) is 9.80 Å². The van der Waals surface area contributed by atoms with Crippen LogP contribution in [-0.4, -0.2) is 54.3 Å². The average molecular weight is 413 g/mol. The Kier molecular flexibility index (Phi) is 6.28. The number of anilines is 1. The van der Waals surface area contributed by atoms with E-state index in [2.05, 4.69) is 39.4 Å². The van der Waals surface area contributed by atoms with Crippen LogP contribution in [0.25, 0.3) is 0 Å². The monoisotopic (exact) mass is 412 g/mol. The number of hydrogen-bond acceptors (Lipinski definition) is 5. The van der Waals surface area contributed by atoms with Crippen LogP contribution in [-0.2, 0) is 24.2 Å². The molecule has 6 nitrogen and oxygen atoms in total. The molecule has 2 aliphatic rings.